The molecule has 1 saturated heterocycles. The lowest BCUT2D eigenvalue weighted by atomic mass is 10.2. The zero-order valence-corrected chi connectivity index (χ0v) is 17.0. The van der Waals surface area contributed by atoms with Crippen LogP contribution in [-0.4, -0.2) is 39.0 Å². The van der Waals surface area contributed by atoms with Crippen LogP contribution in [0.15, 0.2) is 48.1 Å². The molecular weight excluding hydrogens is 384 g/mol. The molecule has 29 heavy (non-hydrogen) atoms. The number of carbonyl (C=O) groups excluding carboxylic acids is 1. The van der Waals surface area contributed by atoms with Crippen LogP contribution in [0.25, 0.3) is 10.6 Å². The Morgan fingerprint density at radius 3 is 2.52 bits per heavy atom. The fraction of sp³-hybridized carbons (Fsp3) is 0.333. The second-order valence-corrected chi connectivity index (χ2v) is 7.92. The Bertz CT molecular complexity index is 937. The number of nitrogens with zero attached hydrogens (tertiary/aromatic N) is 4. The van der Waals surface area contributed by atoms with Crippen LogP contribution in [0, 0.1) is 0 Å². The maximum absolute atomic E-state index is 12.4. The number of hydrogen-bond acceptors (Lipinski definition) is 6. The molecule has 0 bridgehead atoms. The third-order valence-electron chi connectivity index (χ3n) is 4.81. The van der Waals surface area contributed by atoms with Crippen molar-refractivity contribution >= 4 is 29.0 Å². The molecule has 4 rings (SSSR count). The Balaban J connectivity index is 1.34. The van der Waals surface area contributed by atoms with Crippen molar-refractivity contribution in [3.8, 4) is 10.6 Å². The Morgan fingerprint density at radius 1 is 0.966 bits per heavy atom. The Morgan fingerprint density at radius 2 is 1.72 bits per heavy atom. The van der Waals surface area contributed by atoms with E-state index in [1.165, 1.54) is 37.0 Å². The summed E-state index contributed by atoms with van der Waals surface area (Å²) in [6.45, 7) is 3.05. The highest BCUT2D eigenvalue weighted by Gasteiger charge is 2.12. The minimum atomic E-state index is -0.351. The molecule has 1 fully saturated rings. The number of amides is 2. The van der Waals surface area contributed by atoms with Crippen molar-refractivity contribution in [2.24, 2.45) is 0 Å². The summed E-state index contributed by atoms with van der Waals surface area (Å²) >= 11 is 1.47. The smallest absolute Gasteiger partial charge is 0.298 e. The van der Waals surface area contributed by atoms with Crippen LogP contribution in [0.5, 0.6) is 0 Å². The molecule has 0 saturated carbocycles. The first-order valence-corrected chi connectivity index (χ1v) is 10.8. The van der Waals surface area contributed by atoms with Crippen LogP contribution < -0.4 is 10.6 Å². The highest BCUT2D eigenvalue weighted by molar-refractivity contribution is 7.13. The molecule has 0 atom stereocenters. The molecule has 4 heterocycles. The van der Waals surface area contributed by atoms with Crippen LogP contribution in [0.4, 0.5) is 16.4 Å². The molecule has 0 unspecified atom stereocenters. The number of nitrogens with one attached hydrogen (secondary N) is 2. The molecule has 1 aliphatic rings. The third-order valence-corrected chi connectivity index (χ3v) is 5.70. The van der Waals surface area contributed by atoms with Crippen LogP contribution in [0.2, 0.25) is 0 Å². The van der Waals surface area contributed by atoms with Gasteiger partial charge in [-0.15, -0.1) is 11.3 Å². The van der Waals surface area contributed by atoms with Crippen LogP contribution in [0.3, 0.4) is 0 Å². The van der Waals surface area contributed by atoms with E-state index in [-0.39, 0.29) is 6.03 Å². The highest BCUT2D eigenvalue weighted by Crippen LogP contribution is 2.25. The van der Waals surface area contributed by atoms with E-state index in [9.17, 15) is 4.79 Å². The Hall–Kier alpha value is -2.84. The van der Waals surface area contributed by atoms with Crippen LogP contribution in [0.1, 0.15) is 31.4 Å². The minimum absolute atomic E-state index is 0.351. The van der Waals surface area contributed by atoms with Gasteiger partial charge in [0.25, 0.3) is 0 Å². The highest BCUT2D eigenvalue weighted by atomic mass is 32.1. The minimum Gasteiger partial charge on any atom is -0.298 e. The molecule has 2 N–H and O–H groups in total. The van der Waals surface area contributed by atoms with Gasteiger partial charge in [-0.1, -0.05) is 18.9 Å². The molecule has 150 valence electrons. The average molecular weight is 409 g/mol. The molecule has 3 aromatic heterocycles. The molecule has 7 nitrogen and oxygen atoms in total. The Labute approximate surface area is 174 Å². The number of carbonyl (C=O) groups is 1. The van der Waals surface area contributed by atoms with Gasteiger partial charge in [-0.25, -0.2) is 14.8 Å². The molecule has 0 aliphatic carbocycles. The SMILES string of the molecule is O=C(Nc1cccc(CN2CCCCCC2)n1)Nc1csc(-c2ccncc2)n1. The number of likely N-dealkylation sites (tertiary alicyclic amines) is 1. The first-order chi connectivity index (χ1) is 14.3. The van der Waals surface area contributed by atoms with Gasteiger partial charge in [0, 0.05) is 29.9 Å². The van der Waals surface area contributed by atoms with Crippen molar-refractivity contribution < 1.29 is 4.79 Å². The van der Waals surface area contributed by atoms with Gasteiger partial charge in [-0.05, 0) is 50.2 Å². The summed E-state index contributed by atoms with van der Waals surface area (Å²) in [6, 6.07) is 9.17. The van der Waals surface area contributed by atoms with Gasteiger partial charge in [-0.3, -0.25) is 20.5 Å². The predicted molar refractivity (Wildman–Crippen MR) is 116 cm³/mol. The quantitative estimate of drug-likeness (QED) is 0.644. The number of anilines is 2. The van der Waals surface area contributed by atoms with E-state index in [0.29, 0.717) is 11.6 Å². The lowest BCUT2D eigenvalue weighted by molar-refractivity contribution is 0.262. The number of hydrogen-bond donors (Lipinski definition) is 2. The van der Waals surface area contributed by atoms with Gasteiger partial charge in [0.15, 0.2) is 0 Å². The standard InChI is InChI=1S/C21H24N6OS/c28-21(26-19-15-29-20(24-19)16-8-10-22-11-9-16)25-18-7-5-6-17(23-18)14-27-12-3-1-2-4-13-27/h5-11,15H,1-4,12-14H2,(H2,23,25,26,28). The second-order valence-electron chi connectivity index (χ2n) is 7.06. The summed E-state index contributed by atoms with van der Waals surface area (Å²) < 4.78 is 0. The monoisotopic (exact) mass is 408 g/mol. The zero-order chi connectivity index (χ0) is 19.9. The van der Waals surface area contributed by atoms with Crippen molar-refractivity contribution in [2.75, 3.05) is 23.7 Å². The summed E-state index contributed by atoms with van der Waals surface area (Å²) in [6.07, 6.45) is 8.56. The number of rotatable bonds is 5. The molecule has 2 amide bonds. The lowest BCUT2D eigenvalue weighted by Gasteiger charge is -2.19. The fourth-order valence-electron chi connectivity index (χ4n) is 3.38. The number of aromatic nitrogens is 3. The van der Waals surface area contributed by atoms with E-state index in [1.807, 2.05) is 29.6 Å². The first kappa shape index (κ1) is 19.5. The van der Waals surface area contributed by atoms with E-state index in [2.05, 4.69) is 30.5 Å². The molecule has 1 aliphatic heterocycles. The van der Waals surface area contributed by atoms with Crippen molar-refractivity contribution in [1.29, 1.82) is 0 Å². The van der Waals surface area contributed by atoms with E-state index in [1.54, 1.807) is 18.5 Å². The zero-order valence-electron chi connectivity index (χ0n) is 16.2. The molecule has 0 radical (unpaired) electrons. The lowest BCUT2D eigenvalue weighted by Crippen LogP contribution is -2.25. The van der Waals surface area contributed by atoms with Crippen molar-refractivity contribution in [2.45, 2.75) is 32.2 Å². The Kier molecular flexibility index (Phi) is 6.43. The third kappa shape index (κ3) is 5.58. The van der Waals surface area contributed by atoms with E-state index in [4.69, 9.17) is 0 Å². The van der Waals surface area contributed by atoms with Crippen molar-refractivity contribution in [1.82, 2.24) is 19.9 Å². The molecule has 8 heteroatoms. The van der Waals surface area contributed by atoms with Crippen molar-refractivity contribution in [3.63, 3.8) is 0 Å². The van der Waals surface area contributed by atoms with Crippen LogP contribution in [-0.2, 0) is 6.54 Å². The largest absolute Gasteiger partial charge is 0.326 e. The first-order valence-electron chi connectivity index (χ1n) is 9.88. The second kappa shape index (κ2) is 9.58. The van der Waals surface area contributed by atoms with Gasteiger partial charge in [0.1, 0.15) is 16.6 Å². The maximum Gasteiger partial charge on any atom is 0.326 e. The van der Waals surface area contributed by atoms with E-state index >= 15 is 0 Å². The van der Waals surface area contributed by atoms with E-state index < -0.39 is 0 Å². The van der Waals surface area contributed by atoms with Gasteiger partial charge in [0.2, 0.25) is 0 Å². The fourth-order valence-corrected chi connectivity index (χ4v) is 4.14. The van der Waals surface area contributed by atoms with Gasteiger partial charge >= 0.3 is 6.03 Å². The van der Waals surface area contributed by atoms with Crippen LogP contribution >= 0.6 is 11.3 Å². The molecule has 0 spiro atoms. The normalized spacial score (nSPS) is 14.9. The van der Waals surface area contributed by atoms with Gasteiger partial charge in [0.05, 0.1) is 5.69 Å². The number of urea groups is 1. The van der Waals surface area contributed by atoms with Gasteiger partial charge in [-0.2, -0.15) is 0 Å². The molecule has 0 aromatic carbocycles. The maximum atomic E-state index is 12.4. The van der Waals surface area contributed by atoms with Crippen molar-refractivity contribution in [3.05, 3.63) is 53.8 Å². The van der Waals surface area contributed by atoms with E-state index in [0.717, 1.165) is 35.9 Å². The molecular formula is C21H24N6OS. The average Bonchev–Trinajstić information content (AvgIpc) is 3.04. The topological polar surface area (TPSA) is 83.0 Å². The van der Waals surface area contributed by atoms with Gasteiger partial charge < -0.3 is 0 Å². The predicted octanol–water partition coefficient (Wildman–Crippen LogP) is 4.62. The summed E-state index contributed by atoms with van der Waals surface area (Å²) in [5.41, 5.74) is 1.94. The summed E-state index contributed by atoms with van der Waals surface area (Å²) in [5.74, 6) is 1.06. The summed E-state index contributed by atoms with van der Waals surface area (Å²) in [4.78, 5) is 27.9. The summed E-state index contributed by atoms with van der Waals surface area (Å²) in [7, 11) is 0. The molecule has 3 aromatic rings. The number of pyridine rings is 2. The number of thiazole rings is 1. The summed E-state index contributed by atoms with van der Waals surface area (Å²) in [5, 5.41) is 8.23.